The van der Waals surface area contributed by atoms with Crippen LogP contribution in [-0.4, -0.2) is 97.5 Å². The van der Waals surface area contributed by atoms with Gasteiger partial charge in [-0.15, -0.1) is 0 Å². The van der Waals surface area contributed by atoms with Gasteiger partial charge in [-0.05, 0) is 0 Å². The Morgan fingerprint density at radius 1 is 0.724 bits per heavy atom. The van der Waals surface area contributed by atoms with E-state index in [2.05, 4.69) is 0 Å². The molecule has 0 aromatic rings. The molecule has 0 saturated carbocycles. The van der Waals surface area contributed by atoms with Crippen LogP contribution in [0.1, 0.15) is 19.3 Å². The first-order chi connectivity index (χ1) is 11.8. The molecule has 13 nitrogen and oxygen atoms in total. The first-order valence-electron chi connectivity index (χ1n) is 7.69. The minimum absolute atomic E-state index is 0. The molecule has 176 valence electrons. The summed E-state index contributed by atoms with van der Waals surface area (Å²) in [6.07, 6.45) is -0.492. The van der Waals surface area contributed by atoms with Gasteiger partial charge in [0.1, 0.15) is 0 Å². The Morgan fingerprint density at radius 2 is 1.00 bits per heavy atom. The van der Waals surface area contributed by atoms with Crippen molar-refractivity contribution in [2.75, 3.05) is 53.4 Å². The second kappa shape index (κ2) is 23.1. The topological polar surface area (TPSA) is 239 Å². The molecule has 0 unspecified atom stereocenters. The summed E-state index contributed by atoms with van der Waals surface area (Å²) in [7, 11) is 1.46. The molecule has 0 atom stereocenters. The monoisotopic (exact) mass is 601 g/mol. The van der Waals surface area contributed by atoms with Gasteiger partial charge in [0.15, 0.2) is 0 Å². The van der Waals surface area contributed by atoms with Crippen molar-refractivity contribution in [2.45, 2.75) is 19.3 Å². The maximum Gasteiger partial charge on any atom is 0.305 e. The van der Waals surface area contributed by atoms with Crippen molar-refractivity contribution in [1.82, 2.24) is 0 Å². The summed E-state index contributed by atoms with van der Waals surface area (Å²) in [5.41, 5.74) is -0.801. The fourth-order valence-corrected chi connectivity index (χ4v) is 1.90. The second-order valence-electron chi connectivity index (χ2n) is 5.52. The molecule has 0 rings (SSSR count). The van der Waals surface area contributed by atoms with Gasteiger partial charge in [0.05, 0.1) is 70.9 Å². The number of hydrogen-bond donors (Lipinski definition) is 3. The van der Waals surface area contributed by atoms with Gasteiger partial charge in [0, 0.05) is 28.2 Å². The van der Waals surface area contributed by atoms with E-state index in [1.165, 1.54) is 7.11 Å². The number of aliphatic carboxylic acids is 3. The van der Waals surface area contributed by atoms with Crippen molar-refractivity contribution in [3.63, 3.8) is 0 Å². The van der Waals surface area contributed by atoms with Crippen LogP contribution in [0.15, 0.2) is 0 Å². The van der Waals surface area contributed by atoms with Gasteiger partial charge in [-0.1, -0.05) is 0 Å². The molecule has 0 fully saturated rings. The molecular formula is C15H29O13W-3. The first kappa shape index (κ1) is 38.4. The number of carboxylic acid groups (broad SMARTS) is 3. The van der Waals surface area contributed by atoms with Gasteiger partial charge >= 0.3 is 17.9 Å². The van der Waals surface area contributed by atoms with Crippen molar-refractivity contribution < 1.29 is 86.1 Å². The van der Waals surface area contributed by atoms with Gasteiger partial charge in [-0.25, -0.2) is 0 Å². The SMILES string of the molecule is COCC(COCCC(=O)O)(COCCC(=O)O)COCCC(=O)O.O.[O-2].[OH-].[W]. The zero-order valence-electron chi connectivity index (χ0n) is 16.0. The van der Waals surface area contributed by atoms with Crippen molar-refractivity contribution in [1.29, 1.82) is 0 Å². The molecule has 0 aromatic carbocycles. The van der Waals surface area contributed by atoms with Crippen molar-refractivity contribution in [2.24, 2.45) is 5.41 Å². The number of carbonyl (C=O) groups is 3. The van der Waals surface area contributed by atoms with E-state index >= 15 is 0 Å². The van der Waals surface area contributed by atoms with Crippen LogP contribution in [0.2, 0.25) is 0 Å². The van der Waals surface area contributed by atoms with Gasteiger partial charge in [0.25, 0.3) is 0 Å². The number of ether oxygens (including phenoxy) is 4. The molecule has 0 radical (unpaired) electrons. The van der Waals surface area contributed by atoms with Gasteiger partial charge in [0.2, 0.25) is 0 Å². The minimum atomic E-state index is -0.993. The summed E-state index contributed by atoms with van der Waals surface area (Å²) in [5.74, 6) is -2.98. The van der Waals surface area contributed by atoms with Crippen LogP contribution in [0.4, 0.5) is 0 Å². The summed E-state index contributed by atoms with van der Waals surface area (Å²) < 4.78 is 21.2. The smallest absolute Gasteiger partial charge is 0.305 e. The quantitative estimate of drug-likeness (QED) is 0.170. The van der Waals surface area contributed by atoms with Crippen LogP contribution in [-0.2, 0) is 59.9 Å². The molecule has 0 aromatic heterocycles. The average molecular weight is 601 g/mol. The Hall–Kier alpha value is -1.18. The minimum Gasteiger partial charge on any atom is -2.00 e. The Kier molecular flexibility index (Phi) is 30.6. The first-order valence-corrected chi connectivity index (χ1v) is 7.69. The van der Waals surface area contributed by atoms with E-state index in [4.69, 9.17) is 34.3 Å². The average Bonchev–Trinajstić information content (AvgIpc) is 2.52. The summed E-state index contributed by atoms with van der Waals surface area (Å²) in [4.78, 5) is 31.6. The van der Waals surface area contributed by atoms with E-state index in [1.807, 2.05) is 0 Å². The number of carboxylic acids is 3. The van der Waals surface area contributed by atoms with Crippen molar-refractivity contribution in [3.05, 3.63) is 0 Å². The predicted octanol–water partition coefficient (Wildman–Crippen LogP) is -1.03. The van der Waals surface area contributed by atoms with Crippen LogP contribution >= 0.6 is 0 Å². The number of hydrogen-bond acceptors (Lipinski definition) is 8. The molecule has 0 aliphatic heterocycles. The zero-order chi connectivity index (χ0) is 19.1. The van der Waals surface area contributed by atoms with E-state index in [0.717, 1.165) is 0 Å². The van der Waals surface area contributed by atoms with Crippen LogP contribution in [0.25, 0.3) is 0 Å². The molecule has 29 heavy (non-hydrogen) atoms. The Labute approximate surface area is 182 Å². The van der Waals surface area contributed by atoms with E-state index in [9.17, 15) is 14.4 Å². The van der Waals surface area contributed by atoms with Gasteiger partial charge < -0.3 is 50.7 Å². The summed E-state index contributed by atoms with van der Waals surface area (Å²) in [6.45, 7) is 0.318. The van der Waals surface area contributed by atoms with Gasteiger partial charge in [-0.2, -0.15) is 0 Å². The second-order valence-corrected chi connectivity index (χ2v) is 5.52. The molecule has 0 spiro atoms. The van der Waals surface area contributed by atoms with E-state index in [-0.39, 0.29) is 103 Å². The Morgan fingerprint density at radius 3 is 1.21 bits per heavy atom. The van der Waals surface area contributed by atoms with Crippen LogP contribution in [0.3, 0.4) is 0 Å². The molecule has 0 heterocycles. The standard InChI is InChI=1S/C15H26O10.2H2O.O.W/c1-22-8-15(9-23-5-2-12(16)17,10-24-6-3-13(18)19)11-25-7-4-14(20)21;;;;/h2-11H2,1H3,(H,16,17)(H,18,19)(H,20,21);2*1H2;;/q;;;-2;/p-1. The maximum absolute atomic E-state index is 10.5. The fourth-order valence-electron chi connectivity index (χ4n) is 1.90. The Balaban J connectivity index is -0.000000480. The van der Waals surface area contributed by atoms with Crippen molar-refractivity contribution in [3.8, 4) is 0 Å². The zero-order valence-corrected chi connectivity index (χ0v) is 19.0. The molecule has 0 aliphatic carbocycles. The van der Waals surface area contributed by atoms with Crippen LogP contribution < -0.4 is 0 Å². The predicted molar refractivity (Wildman–Crippen MR) is 89.8 cm³/mol. The molecule has 14 heteroatoms. The van der Waals surface area contributed by atoms with E-state index in [0.29, 0.717) is 0 Å². The third-order valence-corrected chi connectivity index (χ3v) is 3.06. The molecule has 0 aliphatic rings. The molecule has 0 amide bonds. The fraction of sp³-hybridized carbons (Fsp3) is 0.800. The van der Waals surface area contributed by atoms with E-state index in [1.54, 1.807) is 0 Å². The third-order valence-electron chi connectivity index (χ3n) is 3.06. The third kappa shape index (κ3) is 23.0. The van der Waals surface area contributed by atoms with Gasteiger partial charge in [-0.3, -0.25) is 14.4 Å². The summed E-state index contributed by atoms with van der Waals surface area (Å²) >= 11 is 0. The molecular weight excluding hydrogens is 572 g/mol. The van der Waals surface area contributed by atoms with Crippen LogP contribution in [0.5, 0.6) is 0 Å². The molecule has 0 bridgehead atoms. The molecule has 0 saturated heterocycles. The number of methoxy groups -OCH3 is 1. The maximum atomic E-state index is 10.5. The Bertz CT molecular complexity index is 364. The largest absolute Gasteiger partial charge is 2.00 e. The van der Waals surface area contributed by atoms with E-state index < -0.39 is 23.3 Å². The molecule has 6 N–H and O–H groups in total. The summed E-state index contributed by atoms with van der Waals surface area (Å²) in [6, 6.07) is 0. The summed E-state index contributed by atoms with van der Waals surface area (Å²) in [5, 5.41) is 25.9. The van der Waals surface area contributed by atoms with Crippen LogP contribution in [0, 0.1) is 5.41 Å². The number of rotatable bonds is 17. The normalized spacial score (nSPS) is 9.83. The van der Waals surface area contributed by atoms with Crippen molar-refractivity contribution >= 4 is 17.9 Å².